The number of thiol groups is 1. The molecule has 0 bridgehead atoms. The lowest BCUT2D eigenvalue weighted by atomic mass is 10.4. The Morgan fingerprint density at radius 2 is 2.36 bits per heavy atom. The maximum Gasteiger partial charge on any atom is 0.00524 e. The molecule has 0 saturated heterocycles. The molecule has 0 fully saturated rings. The van der Waals surface area contributed by atoms with Crippen LogP contribution < -0.4 is 0 Å². The summed E-state index contributed by atoms with van der Waals surface area (Å²) >= 11 is -0.810. The molecule has 0 amide bonds. The van der Waals surface area contributed by atoms with Crippen molar-refractivity contribution in [2.45, 2.75) is 6.42 Å². The molecule has 1 aliphatic carbocycles. The summed E-state index contributed by atoms with van der Waals surface area (Å²) in [7, 11) is 0. The summed E-state index contributed by atoms with van der Waals surface area (Å²) in [5, 5.41) is 0. The fourth-order valence-corrected chi connectivity index (χ4v) is 1.62. The zero-order chi connectivity index (χ0) is 8.10. The van der Waals surface area contributed by atoms with E-state index in [1.165, 1.54) is 0 Å². The van der Waals surface area contributed by atoms with Crippen molar-refractivity contribution < 1.29 is 0 Å². The highest BCUT2D eigenvalue weighted by atomic mass is 32.2. The van der Waals surface area contributed by atoms with E-state index in [0.29, 0.717) is 0 Å². The van der Waals surface area contributed by atoms with E-state index >= 15 is 0 Å². The first-order chi connectivity index (χ1) is 5.34. The van der Waals surface area contributed by atoms with Gasteiger partial charge in [0.25, 0.3) is 0 Å². The van der Waals surface area contributed by atoms with Gasteiger partial charge in [0.2, 0.25) is 0 Å². The highest BCUT2D eigenvalue weighted by molar-refractivity contribution is 8.18. The van der Waals surface area contributed by atoms with E-state index in [1.54, 1.807) is 0 Å². The summed E-state index contributed by atoms with van der Waals surface area (Å²) in [5.41, 5.74) is 0. The molecule has 0 aromatic carbocycles. The van der Waals surface area contributed by atoms with Crippen molar-refractivity contribution in [2.24, 2.45) is 4.58 Å². The third-order valence-corrected chi connectivity index (χ3v) is 2.80. The van der Waals surface area contributed by atoms with Gasteiger partial charge in [-0.2, -0.15) is 0 Å². The van der Waals surface area contributed by atoms with Gasteiger partial charge in [0.05, 0.1) is 0 Å². The highest BCUT2D eigenvalue weighted by Gasteiger charge is 1.99. The second-order valence-electron chi connectivity index (χ2n) is 2.26. The molecule has 2 nitrogen and oxygen atoms in total. The summed E-state index contributed by atoms with van der Waals surface area (Å²) < 4.78 is 3.02. The molecule has 3 heteroatoms. The lowest BCUT2D eigenvalue weighted by molar-refractivity contribution is 1.40. The monoisotopic (exact) mass is 169 g/mol. The molecule has 0 aliphatic heterocycles. The number of nitroso groups, excluding NO2 is 1. The molecular formula is C8H11NOS. The molecular weight excluding hydrogens is 158 g/mol. The maximum absolute atomic E-state index is 10.2. The van der Waals surface area contributed by atoms with E-state index in [1.807, 2.05) is 30.6 Å². The molecule has 0 aromatic heterocycles. The van der Waals surface area contributed by atoms with E-state index in [0.717, 1.165) is 11.3 Å². The van der Waals surface area contributed by atoms with Crippen molar-refractivity contribution in [3.8, 4) is 0 Å². The Labute approximate surface area is 69.1 Å². The first-order valence-electron chi connectivity index (χ1n) is 3.45. The maximum atomic E-state index is 10.2. The molecule has 1 unspecified atom stereocenters. The highest BCUT2D eigenvalue weighted by Crippen LogP contribution is 2.33. The summed E-state index contributed by atoms with van der Waals surface area (Å²) in [4.78, 5) is 11.3. The van der Waals surface area contributed by atoms with Crippen LogP contribution in [0, 0.1) is 4.91 Å². The van der Waals surface area contributed by atoms with E-state index in [2.05, 4.69) is 10.7 Å². The van der Waals surface area contributed by atoms with Crippen LogP contribution in [0.5, 0.6) is 0 Å². The Hall–Kier alpha value is -0.830. The Kier molecular flexibility index (Phi) is 3.11. The van der Waals surface area contributed by atoms with E-state index in [4.69, 9.17) is 0 Å². The molecule has 11 heavy (non-hydrogen) atoms. The lowest BCUT2D eigenvalue weighted by Crippen LogP contribution is -1.75. The Morgan fingerprint density at radius 3 is 3.09 bits per heavy atom. The van der Waals surface area contributed by atoms with Crippen molar-refractivity contribution in [2.75, 3.05) is 6.26 Å². The molecule has 0 spiro atoms. The number of nitrogens with zero attached hydrogens (tertiary/aromatic N) is 1. The molecule has 1 aliphatic rings. The average Bonchev–Trinajstić information content (AvgIpc) is 2.30. The largest absolute Gasteiger partial charge is 0.139 e. The van der Waals surface area contributed by atoms with Gasteiger partial charge in [-0.15, -0.1) is 4.91 Å². The van der Waals surface area contributed by atoms with Gasteiger partial charge in [0.1, 0.15) is 0 Å². The van der Waals surface area contributed by atoms with Gasteiger partial charge >= 0.3 is 0 Å². The Balaban J connectivity index is 2.71. The van der Waals surface area contributed by atoms with Crippen molar-refractivity contribution in [1.29, 1.82) is 0 Å². The second-order valence-corrected chi connectivity index (χ2v) is 3.98. The molecule has 0 radical (unpaired) electrons. The number of rotatable bonds is 2. The van der Waals surface area contributed by atoms with Gasteiger partial charge in [-0.3, -0.25) is 0 Å². The Morgan fingerprint density at radius 1 is 1.55 bits per heavy atom. The molecule has 1 atom stereocenters. The molecule has 0 aromatic rings. The van der Waals surface area contributed by atoms with Crippen LogP contribution in [0.3, 0.4) is 0 Å². The van der Waals surface area contributed by atoms with Crippen LogP contribution in [0.25, 0.3) is 0 Å². The van der Waals surface area contributed by atoms with Crippen molar-refractivity contribution in [3.63, 3.8) is 0 Å². The standard InChI is InChI=1S/C8H11NOS/c1-11(9-10)8-6-4-2-3-5-7-8/h2-4,6-7,11H,5H2,1H3. The average molecular weight is 169 g/mol. The zero-order valence-electron chi connectivity index (χ0n) is 6.40. The van der Waals surface area contributed by atoms with E-state index < -0.39 is 11.1 Å². The summed E-state index contributed by atoms with van der Waals surface area (Å²) in [6.45, 7) is 0. The predicted octanol–water partition coefficient (Wildman–Crippen LogP) is 2.70. The number of allylic oxidation sites excluding steroid dienone is 5. The first-order valence-corrected chi connectivity index (χ1v) is 5.19. The van der Waals surface area contributed by atoms with E-state index in [-0.39, 0.29) is 0 Å². The predicted molar refractivity (Wildman–Crippen MR) is 51.7 cm³/mol. The van der Waals surface area contributed by atoms with Crippen LogP contribution in [-0.4, -0.2) is 6.26 Å². The summed E-state index contributed by atoms with van der Waals surface area (Å²) in [5.74, 6) is 0. The van der Waals surface area contributed by atoms with Crippen LogP contribution in [0.4, 0.5) is 0 Å². The minimum atomic E-state index is -0.810. The molecule has 0 N–H and O–H groups in total. The SMILES string of the molecule is C[SH](N=O)C1=CCC=CC=C1. The zero-order valence-corrected chi connectivity index (χ0v) is 7.29. The third kappa shape index (κ3) is 2.35. The Bertz CT molecular complexity index is 230. The fourth-order valence-electron chi connectivity index (χ4n) is 0.855. The van der Waals surface area contributed by atoms with Crippen LogP contribution in [0.15, 0.2) is 39.9 Å². The van der Waals surface area contributed by atoms with Crippen molar-refractivity contribution >= 4 is 11.1 Å². The van der Waals surface area contributed by atoms with Gasteiger partial charge in [-0.05, 0) is 23.3 Å². The molecule has 0 saturated carbocycles. The summed E-state index contributed by atoms with van der Waals surface area (Å²) in [6, 6.07) is 0. The minimum Gasteiger partial charge on any atom is -0.139 e. The van der Waals surface area contributed by atoms with Gasteiger partial charge in [0, 0.05) is 4.91 Å². The van der Waals surface area contributed by atoms with Crippen molar-refractivity contribution in [1.82, 2.24) is 0 Å². The third-order valence-electron chi connectivity index (χ3n) is 1.47. The van der Waals surface area contributed by atoms with E-state index in [9.17, 15) is 4.91 Å². The fraction of sp³-hybridized carbons (Fsp3) is 0.250. The van der Waals surface area contributed by atoms with Crippen LogP contribution >= 0.6 is 11.1 Å². The number of hydrogen-bond donors (Lipinski definition) is 1. The normalized spacial score (nSPS) is 20.5. The quantitative estimate of drug-likeness (QED) is 0.500. The first kappa shape index (κ1) is 8.27. The summed E-state index contributed by atoms with van der Waals surface area (Å²) in [6.07, 6.45) is 12.8. The van der Waals surface area contributed by atoms with Gasteiger partial charge in [-0.25, -0.2) is 0 Å². The number of hydrogen-bond acceptors (Lipinski definition) is 2. The topological polar surface area (TPSA) is 29.4 Å². The van der Waals surface area contributed by atoms with Gasteiger partial charge < -0.3 is 0 Å². The molecule has 0 heterocycles. The van der Waals surface area contributed by atoms with Crippen LogP contribution in [-0.2, 0) is 0 Å². The van der Waals surface area contributed by atoms with Crippen LogP contribution in [0.1, 0.15) is 6.42 Å². The second kappa shape index (κ2) is 4.13. The van der Waals surface area contributed by atoms with Gasteiger partial charge in [-0.1, -0.05) is 35.4 Å². The van der Waals surface area contributed by atoms with Crippen LogP contribution in [0.2, 0.25) is 0 Å². The minimum absolute atomic E-state index is 0.810. The van der Waals surface area contributed by atoms with Gasteiger partial charge in [0.15, 0.2) is 0 Å². The smallest absolute Gasteiger partial charge is 0.00524 e. The lowest BCUT2D eigenvalue weighted by Gasteiger charge is -2.05. The molecule has 60 valence electrons. The molecule has 1 rings (SSSR count). The van der Waals surface area contributed by atoms with Crippen molar-refractivity contribution in [3.05, 3.63) is 40.2 Å².